The van der Waals surface area contributed by atoms with Crippen molar-refractivity contribution in [2.24, 2.45) is 0 Å². The minimum Gasteiger partial charge on any atom is -0.478 e. The second kappa shape index (κ2) is 20.3. The van der Waals surface area contributed by atoms with Crippen LogP contribution in [0.4, 0.5) is 0 Å². The second-order valence-electron chi connectivity index (χ2n) is 4.47. The van der Waals surface area contributed by atoms with Gasteiger partial charge in [0.15, 0.2) is 0 Å². The van der Waals surface area contributed by atoms with Gasteiger partial charge in [-0.3, -0.25) is 0 Å². The molecule has 0 saturated carbocycles. The molecular weight excluding hydrogens is 304 g/mol. The molecule has 0 aliphatic rings. The summed E-state index contributed by atoms with van der Waals surface area (Å²) in [5.41, 5.74) is 0.352. The van der Waals surface area contributed by atoms with Gasteiger partial charge in [0.1, 0.15) is 0 Å². The molecule has 0 radical (unpaired) electrons. The van der Waals surface area contributed by atoms with E-state index in [0.29, 0.717) is 19.8 Å². The van der Waals surface area contributed by atoms with Crippen LogP contribution in [-0.4, -0.2) is 60.3 Å². The number of rotatable bonds is 10. The number of hydrogen-bond acceptors (Lipinski definition) is 5. The molecule has 0 aromatic rings. The third-order valence-corrected chi connectivity index (χ3v) is 1.98. The molecule has 0 rings (SSSR count). The Morgan fingerprint density at radius 3 is 1.48 bits per heavy atom. The number of aliphatic carboxylic acids is 2. The average molecular weight is 334 g/mol. The van der Waals surface area contributed by atoms with E-state index in [1.807, 2.05) is 0 Å². The molecule has 0 amide bonds. The summed E-state index contributed by atoms with van der Waals surface area (Å²) in [6.07, 6.45) is 2.28. The Labute approximate surface area is 138 Å². The predicted molar refractivity (Wildman–Crippen MR) is 88.5 cm³/mol. The highest BCUT2D eigenvalue weighted by Gasteiger charge is 1.91. The molecule has 0 spiro atoms. The molecule has 0 fully saturated rings. The van der Waals surface area contributed by atoms with Gasteiger partial charge in [0, 0.05) is 17.8 Å². The van der Waals surface area contributed by atoms with E-state index >= 15 is 0 Å². The zero-order chi connectivity index (χ0) is 18.7. The number of ether oxygens (including phenoxy) is 2. The van der Waals surface area contributed by atoms with Crippen LogP contribution in [0.25, 0.3) is 0 Å². The van der Waals surface area contributed by atoms with Gasteiger partial charge in [-0.1, -0.05) is 26.5 Å². The van der Waals surface area contributed by atoms with Crippen LogP contribution in [0.15, 0.2) is 24.3 Å². The van der Waals surface area contributed by atoms with Gasteiger partial charge in [0.25, 0.3) is 0 Å². The van der Waals surface area contributed by atoms with Crippen LogP contribution in [0.1, 0.15) is 33.6 Å². The smallest absolute Gasteiger partial charge is 0.330 e. The molecule has 0 bridgehead atoms. The van der Waals surface area contributed by atoms with E-state index in [-0.39, 0.29) is 17.8 Å². The highest BCUT2D eigenvalue weighted by Crippen LogP contribution is 1.87. The molecule has 0 atom stereocenters. The maximum absolute atomic E-state index is 9.60. The molecule has 0 unspecified atom stereocenters. The van der Waals surface area contributed by atoms with Crippen molar-refractivity contribution in [2.45, 2.75) is 33.6 Å². The standard InChI is InChI=1S/C8H18O3.2C4H6O2/c1-2-3-5-10-7-8-11-6-4-9;2*1-3(2)4(5)6/h9H,2-8H2,1H3;2*1H2,2H3,(H,5,6). The van der Waals surface area contributed by atoms with Crippen molar-refractivity contribution in [3.05, 3.63) is 24.3 Å². The maximum atomic E-state index is 9.60. The average Bonchev–Trinajstić information content (AvgIpc) is 2.47. The van der Waals surface area contributed by atoms with E-state index in [2.05, 4.69) is 20.1 Å². The minimum absolute atomic E-state index is 0.0922. The third kappa shape index (κ3) is 33.2. The van der Waals surface area contributed by atoms with Crippen LogP contribution in [0.3, 0.4) is 0 Å². The van der Waals surface area contributed by atoms with Crippen molar-refractivity contribution in [1.29, 1.82) is 0 Å². The van der Waals surface area contributed by atoms with Crippen molar-refractivity contribution >= 4 is 11.9 Å². The van der Waals surface area contributed by atoms with E-state index in [0.717, 1.165) is 19.4 Å². The van der Waals surface area contributed by atoms with Crippen molar-refractivity contribution in [3.63, 3.8) is 0 Å². The molecule has 0 aliphatic heterocycles. The summed E-state index contributed by atoms with van der Waals surface area (Å²) in [6.45, 7) is 13.9. The van der Waals surface area contributed by atoms with E-state index < -0.39 is 11.9 Å². The van der Waals surface area contributed by atoms with E-state index in [4.69, 9.17) is 24.8 Å². The number of carboxylic acid groups (broad SMARTS) is 2. The highest BCUT2D eigenvalue weighted by atomic mass is 16.5. The molecule has 136 valence electrons. The highest BCUT2D eigenvalue weighted by molar-refractivity contribution is 5.85. The lowest BCUT2D eigenvalue weighted by Gasteiger charge is -2.02. The molecule has 7 heteroatoms. The summed E-state index contributed by atoms with van der Waals surface area (Å²) in [5.74, 6) is -1.87. The summed E-state index contributed by atoms with van der Waals surface area (Å²) >= 11 is 0. The second-order valence-corrected chi connectivity index (χ2v) is 4.47. The summed E-state index contributed by atoms with van der Waals surface area (Å²) in [7, 11) is 0. The quantitative estimate of drug-likeness (QED) is 0.414. The van der Waals surface area contributed by atoms with Crippen LogP contribution in [0, 0.1) is 0 Å². The molecule has 0 aromatic heterocycles. The molecule has 0 heterocycles. The zero-order valence-electron chi connectivity index (χ0n) is 14.3. The molecular formula is C16H30O7. The molecule has 23 heavy (non-hydrogen) atoms. The van der Waals surface area contributed by atoms with Gasteiger partial charge in [-0.2, -0.15) is 0 Å². The number of carbonyl (C=O) groups is 2. The molecule has 0 saturated heterocycles. The van der Waals surface area contributed by atoms with Crippen molar-refractivity contribution in [3.8, 4) is 0 Å². The summed E-state index contributed by atoms with van der Waals surface area (Å²) in [6, 6.07) is 0. The van der Waals surface area contributed by atoms with Gasteiger partial charge in [0.05, 0.1) is 26.4 Å². The van der Waals surface area contributed by atoms with E-state index in [1.165, 1.54) is 13.8 Å². The zero-order valence-corrected chi connectivity index (χ0v) is 14.3. The number of unbranched alkanes of at least 4 members (excludes halogenated alkanes) is 1. The van der Waals surface area contributed by atoms with Crippen molar-refractivity contribution in [1.82, 2.24) is 0 Å². The summed E-state index contributed by atoms with van der Waals surface area (Å²) in [5, 5.41) is 24.1. The van der Waals surface area contributed by atoms with Gasteiger partial charge in [-0.25, -0.2) is 9.59 Å². The predicted octanol–water partition coefficient (Wildman–Crippen LogP) is 2.11. The van der Waals surface area contributed by atoms with Gasteiger partial charge in [-0.15, -0.1) is 0 Å². The Morgan fingerprint density at radius 2 is 1.22 bits per heavy atom. The SMILES string of the molecule is C=C(C)C(=O)O.C=C(C)C(=O)O.CCCCOCCOCCO. The Kier molecular flexibility index (Phi) is 23.1. The van der Waals surface area contributed by atoms with Gasteiger partial charge in [-0.05, 0) is 20.3 Å². The third-order valence-electron chi connectivity index (χ3n) is 1.98. The molecule has 3 N–H and O–H groups in total. The first-order valence-corrected chi connectivity index (χ1v) is 7.24. The molecule has 0 aliphatic carbocycles. The Bertz CT molecular complexity index is 281. The first-order chi connectivity index (χ1) is 10.7. The number of hydrogen-bond donors (Lipinski definition) is 3. The first-order valence-electron chi connectivity index (χ1n) is 7.24. The lowest BCUT2D eigenvalue weighted by atomic mass is 10.4. The van der Waals surface area contributed by atoms with Crippen molar-refractivity contribution < 1.29 is 34.4 Å². The van der Waals surface area contributed by atoms with E-state index in [1.54, 1.807) is 0 Å². The first kappa shape index (κ1) is 26.2. The number of aliphatic hydroxyl groups is 1. The molecule has 7 nitrogen and oxygen atoms in total. The fourth-order valence-corrected chi connectivity index (χ4v) is 0.633. The number of aliphatic hydroxyl groups excluding tert-OH is 1. The number of carboxylic acids is 2. The topological polar surface area (TPSA) is 113 Å². The normalized spacial score (nSPS) is 8.87. The lowest BCUT2D eigenvalue weighted by Crippen LogP contribution is -2.07. The fourth-order valence-electron chi connectivity index (χ4n) is 0.633. The van der Waals surface area contributed by atoms with Crippen molar-refractivity contribution in [2.75, 3.05) is 33.0 Å². The Balaban J connectivity index is -0.000000284. The Morgan fingerprint density at radius 1 is 0.870 bits per heavy atom. The van der Waals surface area contributed by atoms with Crippen LogP contribution in [0.5, 0.6) is 0 Å². The molecule has 0 aromatic carbocycles. The lowest BCUT2D eigenvalue weighted by molar-refractivity contribution is -0.133. The van der Waals surface area contributed by atoms with Crippen LogP contribution < -0.4 is 0 Å². The van der Waals surface area contributed by atoms with Gasteiger partial charge >= 0.3 is 11.9 Å². The monoisotopic (exact) mass is 334 g/mol. The largest absolute Gasteiger partial charge is 0.478 e. The van der Waals surface area contributed by atoms with Crippen LogP contribution in [-0.2, 0) is 19.1 Å². The van der Waals surface area contributed by atoms with Gasteiger partial charge < -0.3 is 24.8 Å². The summed E-state index contributed by atoms with van der Waals surface area (Å²) in [4.78, 5) is 19.2. The summed E-state index contributed by atoms with van der Waals surface area (Å²) < 4.78 is 10.2. The maximum Gasteiger partial charge on any atom is 0.330 e. The fraction of sp³-hybridized carbons (Fsp3) is 0.625. The Hall–Kier alpha value is -1.70. The van der Waals surface area contributed by atoms with Gasteiger partial charge in [0.2, 0.25) is 0 Å². The van der Waals surface area contributed by atoms with Crippen LogP contribution >= 0.6 is 0 Å². The van der Waals surface area contributed by atoms with Crippen LogP contribution in [0.2, 0.25) is 0 Å². The minimum atomic E-state index is -0.935. The van der Waals surface area contributed by atoms with E-state index in [9.17, 15) is 9.59 Å².